The number of ether oxygens (including phenoxy) is 1. The maximum atomic E-state index is 6.73. The van der Waals surface area contributed by atoms with Crippen molar-refractivity contribution < 1.29 is 9.16 Å². The molecule has 0 amide bonds. The molecular formula is C17H28Cl2N2O2Si. The fourth-order valence-electron chi connectivity index (χ4n) is 3.20. The van der Waals surface area contributed by atoms with E-state index in [1.54, 1.807) is 12.4 Å². The summed E-state index contributed by atoms with van der Waals surface area (Å²) in [4.78, 5) is 4.07. The molecule has 1 aromatic rings. The molecule has 2 rings (SSSR count). The van der Waals surface area contributed by atoms with Gasteiger partial charge in [-0.1, -0.05) is 44.0 Å². The standard InChI is InChI=1S/C17H28Cl2N2O2Si/c1-4-24(5-2,6-3)23-16(11-21-13-7-8-22-12-13)17-14(18)9-20-10-15(17)19/h9-10,13,16,21H,4-8,11-12H2,1-3H3. The first-order valence-corrected chi connectivity index (χ1v) is 12.1. The number of rotatable bonds is 9. The lowest BCUT2D eigenvalue weighted by Crippen LogP contribution is -2.41. The van der Waals surface area contributed by atoms with Crippen molar-refractivity contribution in [2.45, 2.75) is 57.5 Å². The first-order chi connectivity index (χ1) is 11.5. The topological polar surface area (TPSA) is 43.4 Å². The number of halogens is 2. The van der Waals surface area contributed by atoms with Crippen LogP contribution in [0.3, 0.4) is 0 Å². The molecule has 2 unspecified atom stereocenters. The molecule has 0 saturated carbocycles. The van der Waals surface area contributed by atoms with Gasteiger partial charge in [-0.15, -0.1) is 0 Å². The van der Waals surface area contributed by atoms with Crippen LogP contribution in [0, 0.1) is 0 Å². The molecule has 2 atom stereocenters. The zero-order valence-electron chi connectivity index (χ0n) is 14.8. The number of hydrogen-bond acceptors (Lipinski definition) is 4. The van der Waals surface area contributed by atoms with E-state index in [2.05, 4.69) is 31.1 Å². The Morgan fingerprint density at radius 3 is 2.38 bits per heavy atom. The van der Waals surface area contributed by atoms with Crippen LogP contribution in [0.15, 0.2) is 12.4 Å². The lowest BCUT2D eigenvalue weighted by molar-refractivity contribution is 0.169. The highest BCUT2D eigenvalue weighted by Gasteiger charge is 2.34. The van der Waals surface area contributed by atoms with E-state index in [0.717, 1.165) is 43.3 Å². The molecule has 2 heterocycles. The maximum Gasteiger partial charge on any atom is 0.192 e. The minimum absolute atomic E-state index is 0.153. The van der Waals surface area contributed by atoms with Gasteiger partial charge in [0, 0.05) is 37.2 Å². The van der Waals surface area contributed by atoms with E-state index >= 15 is 0 Å². The Morgan fingerprint density at radius 2 is 1.88 bits per heavy atom. The summed E-state index contributed by atoms with van der Waals surface area (Å²) in [5, 5.41) is 4.71. The second-order valence-electron chi connectivity index (χ2n) is 6.34. The normalized spacial score (nSPS) is 19.6. The van der Waals surface area contributed by atoms with Gasteiger partial charge in [0.2, 0.25) is 0 Å². The summed E-state index contributed by atoms with van der Waals surface area (Å²) in [6.07, 6.45) is 4.16. The molecule has 0 aliphatic carbocycles. The van der Waals surface area contributed by atoms with Crippen molar-refractivity contribution in [1.82, 2.24) is 10.3 Å². The van der Waals surface area contributed by atoms with Gasteiger partial charge in [-0.25, -0.2) is 0 Å². The van der Waals surface area contributed by atoms with Crippen LogP contribution in [0.1, 0.15) is 38.9 Å². The van der Waals surface area contributed by atoms with E-state index in [1.807, 2.05) is 0 Å². The minimum Gasteiger partial charge on any atom is -0.409 e. The molecular weight excluding hydrogens is 363 g/mol. The summed E-state index contributed by atoms with van der Waals surface area (Å²) in [7, 11) is -1.79. The molecule has 24 heavy (non-hydrogen) atoms. The average molecular weight is 391 g/mol. The van der Waals surface area contributed by atoms with Crippen LogP contribution in [0.25, 0.3) is 0 Å². The van der Waals surface area contributed by atoms with Crippen molar-refractivity contribution in [3.8, 4) is 0 Å². The van der Waals surface area contributed by atoms with Crippen molar-refractivity contribution in [1.29, 1.82) is 0 Å². The third kappa shape index (κ3) is 4.93. The summed E-state index contributed by atoms with van der Waals surface area (Å²) >= 11 is 12.8. The monoisotopic (exact) mass is 390 g/mol. The van der Waals surface area contributed by atoms with Gasteiger partial charge in [-0.2, -0.15) is 0 Å². The van der Waals surface area contributed by atoms with Crippen LogP contribution >= 0.6 is 23.2 Å². The lowest BCUT2D eigenvalue weighted by Gasteiger charge is -2.34. The largest absolute Gasteiger partial charge is 0.409 e. The molecule has 1 fully saturated rings. The second-order valence-corrected chi connectivity index (χ2v) is 11.9. The molecule has 0 bridgehead atoms. The quantitative estimate of drug-likeness (QED) is 0.613. The van der Waals surface area contributed by atoms with Gasteiger partial charge in [-0.05, 0) is 24.6 Å². The maximum absolute atomic E-state index is 6.73. The molecule has 7 heteroatoms. The van der Waals surface area contributed by atoms with Crippen molar-refractivity contribution in [2.75, 3.05) is 19.8 Å². The van der Waals surface area contributed by atoms with E-state index in [0.29, 0.717) is 22.6 Å². The van der Waals surface area contributed by atoms with Crippen LogP contribution in [0.2, 0.25) is 28.2 Å². The van der Waals surface area contributed by atoms with Gasteiger partial charge in [0.1, 0.15) is 0 Å². The van der Waals surface area contributed by atoms with Crippen molar-refractivity contribution in [3.05, 3.63) is 28.0 Å². The number of pyridine rings is 1. The number of hydrogen-bond donors (Lipinski definition) is 1. The Hall–Kier alpha value is -0.173. The summed E-state index contributed by atoms with van der Waals surface area (Å²) < 4.78 is 12.2. The summed E-state index contributed by atoms with van der Waals surface area (Å²) in [6.45, 7) is 8.94. The molecule has 1 aromatic heterocycles. The van der Waals surface area contributed by atoms with Crippen LogP contribution in [-0.4, -0.2) is 39.1 Å². The molecule has 1 saturated heterocycles. The van der Waals surface area contributed by atoms with Crippen LogP contribution in [-0.2, 0) is 9.16 Å². The predicted octanol–water partition coefficient (Wildman–Crippen LogP) is 4.83. The second kappa shape index (κ2) is 9.50. The number of nitrogens with one attached hydrogen (secondary N) is 1. The Morgan fingerprint density at radius 1 is 1.25 bits per heavy atom. The zero-order chi connectivity index (χ0) is 17.6. The number of nitrogens with zero attached hydrogens (tertiary/aromatic N) is 1. The highest BCUT2D eigenvalue weighted by molar-refractivity contribution is 6.73. The number of aromatic nitrogens is 1. The average Bonchev–Trinajstić information content (AvgIpc) is 3.10. The SMILES string of the molecule is CC[Si](CC)(CC)OC(CNC1CCOC1)c1c(Cl)cncc1Cl. The molecule has 0 aromatic carbocycles. The third-order valence-corrected chi connectivity index (χ3v) is 10.3. The van der Waals surface area contributed by atoms with Gasteiger partial charge < -0.3 is 14.5 Å². The lowest BCUT2D eigenvalue weighted by atomic mass is 10.1. The highest BCUT2D eigenvalue weighted by Crippen LogP contribution is 2.36. The Bertz CT molecular complexity index is 495. The van der Waals surface area contributed by atoms with Gasteiger partial charge in [0.25, 0.3) is 0 Å². The van der Waals surface area contributed by atoms with Gasteiger partial charge in [-0.3, -0.25) is 4.98 Å². The van der Waals surface area contributed by atoms with Crippen molar-refractivity contribution in [3.63, 3.8) is 0 Å². The van der Waals surface area contributed by atoms with Gasteiger partial charge >= 0.3 is 0 Å². The fraction of sp³-hybridized carbons (Fsp3) is 0.706. The highest BCUT2D eigenvalue weighted by atomic mass is 35.5. The van der Waals surface area contributed by atoms with Crippen molar-refractivity contribution >= 4 is 31.5 Å². The molecule has 136 valence electrons. The predicted molar refractivity (Wildman–Crippen MR) is 103 cm³/mol. The molecule has 1 aliphatic rings. The summed E-state index contributed by atoms with van der Waals surface area (Å²) in [5.41, 5.74) is 0.854. The smallest absolute Gasteiger partial charge is 0.192 e. The summed E-state index contributed by atoms with van der Waals surface area (Å²) in [6, 6.07) is 3.63. The van der Waals surface area contributed by atoms with Crippen LogP contribution in [0.5, 0.6) is 0 Å². The molecule has 0 spiro atoms. The Labute approximate surface area is 156 Å². The van der Waals surface area contributed by atoms with E-state index in [4.69, 9.17) is 32.4 Å². The van der Waals surface area contributed by atoms with Crippen molar-refractivity contribution in [2.24, 2.45) is 0 Å². The Balaban J connectivity index is 2.23. The van der Waals surface area contributed by atoms with E-state index < -0.39 is 8.32 Å². The fourth-order valence-corrected chi connectivity index (χ4v) is 6.62. The van der Waals surface area contributed by atoms with E-state index in [9.17, 15) is 0 Å². The Kier molecular flexibility index (Phi) is 7.98. The van der Waals surface area contributed by atoms with Gasteiger partial charge in [0.05, 0.1) is 22.8 Å². The molecule has 0 radical (unpaired) electrons. The first kappa shape index (κ1) is 20.1. The van der Waals surface area contributed by atoms with Crippen LogP contribution in [0.4, 0.5) is 0 Å². The van der Waals surface area contributed by atoms with Gasteiger partial charge in [0.15, 0.2) is 8.32 Å². The third-order valence-electron chi connectivity index (χ3n) is 5.06. The van der Waals surface area contributed by atoms with Crippen LogP contribution < -0.4 is 5.32 Å². The summed E-state index contributed by atoms with van der Waals surface area (Å²) in [5.74, 6) is 0. The molecule has 1 aliphatic heterocycles. The molecule has 4 nitrogen and oxygen atoms in total. The zero-order valence-corrected chi connectivity index (χ0v) is 17.3. The first-order valence-electron chi connectivity index (χ1n) is 8.83. The van der Waals surface area contributed by atoms with E-state index in [1.165, 1.54) is 0 Å². The van der Waals surface area contributed by atoms with E-state index in [-0.39, 0.29) is 6.10 Å². The minimum atomic E-state index is -1.79. The molecule has 1 N–H and O–H groups in total.